The van der Waals surface area contributed by atoms with E-state index in [-0.39, 0.29) is 30.3 Å². The van der Waals surface area contributed by atoms with E-state index in [2.05, 4.69) is 24.5 Å². The first-order chi connectivity index (χ1) is 18.4. The Hall–Kier alpha value is -3.81. The van der Waals surface area contributed by atoms with Gasteiger partial charge in [0.2, 0.25) is 5.91 Å². The van der Waals surface area contributed by atoms with Crippen molar-refractivity contribution in [3.8, 4) is 11.5 Å². The van der Waals surface area contributed by atoms with Gasteiger partial charge < -0.3 is 20.3 Å². The molecule has 5 rings (SSSR count). The van der Waals surface area contributed by atoms with Crippen LogP contribution in [0.3, 0.4) is 0 Å². The van der Waals surface area contributed by atoms with E-state index in [0.717, 1.165) is 18.4 Å². The van der Waals surface area contributed by atoms with E-state index in [1.165, 1.54) is 0 Å². The van der Waals surface area contributed by atoms with Crippen molar-refractivity contribution in [3.63, 3.8) is 0 Å². The van der Waals surface area contributed by atoms with Crippen LogP contribution in [0.5, 0.6) is 11.5 Å². The van der Waals surface area contributed by atoms with E-state index in [4.69, 9.17) is 4.74 Å². The fourth-order valence-electron chi connectivity index (χ4n) is 5.24. The number of carbonyl (C=O) groups is 3. The van der Waals surface area contributed by atoms with Gasteiger partial charge in [-0.25, -0.2) is 4.79 Å². The number of ether oxygens (including phenoxy) is 1. The van der Waals surface area contributed by atoms with Crippen LogP contribution in [0.4, 0.5) is 4.79 Å². The van der Waals surface area contributed by atoms with Crippen molar-refractivity contribution in [1.82, 2.24) is 20.4 Å². The van der Waals surface area contributed by atoms with Gasteiger partial charge in [-0.2, -0.15) is 0 Å². The molecule has 2 aromatic carbocycles. The normalized spacial score (nSPS) is 19.9. The summed E-state index contributed by atoms with van der Waals surface area (Å²) in [6.07, 6.45) is 2.84. The van der Waals surface area contributed by atoms with E-state index < -0.39 is 12.1 Å². The zero-order valence-electron chi connectivity index (χ0n) is 22.3. The summed E-state index contributed by atoms with van der Waals surface area (Å²) >= 11 is 0. The van der Waals surface area contributed by atoms with Gasteiger partial charge >= 0.3 is 6.03 Å². The number of para-hydroxylation sites is 1. The van der Waals surface area contributed by atoms with E-state index in [1.54, 1.807) is 9.80 Å². The monoisotopic (exact) mass is 516 g/mol. The second kappa shape index (κ2) is 10.9. The second-order valence-electron chi connectivity index (χ2n) is 10.7. The highest BCUT2D eigenvalue weighted by Crippen LogP contribution is 2.39. The summed E-state index contributed by atoms with van der Waals surface area (Å²) in [5.41, 5.74) is 1.94. The van der Waals surface area contributed by atoms with Crippen molar-refractivity contribution in [1.29, 1.82) is 0 Å². The number of likely N-dealkylation sites (N-methyl/N-ethyl adjacent to an activating group) is 1. The number of nitrogens with zero attached hydrogens (tertiary/aromatic N) is 2. The highest BCUT2D eigenvalue weighted by molar-refractivity contribution is 6.03. The molecule has 0 bridgehead atoms. The molecule has 1 saturated carbocycles. The summed E-state index contributed by atoms with van der Waals surface area (Å²) < 4.78 is 6.02. The van der Waals surface area contributed by atoms with Gasteiger partial charge in [-0.1, -0.05) is 44.2 Å². The highest BCUT2D eigenvalue weighted by Gasteiger charge is 2.47. The fraction of sp³-hybridized carbons (Fsp3) is 0.433. The first kappa shape index (κ1) is 25.8. The molecule has 38 heavy (non-hydrogen) atoms. The third-order valence-corrected chi connectivity index (χ3v) is 7.37. The van der Waals surface area contributed by atoms with Crippen LogP contribution in [0.15, 0.2) is 65.9 Å². The van der Waals surface area contributed by atoms with Gasteiger partial charge in [-0.05, 0) is 67.9 Å². The molecule has 0 saturated heterocycles. The Morgan fingerprint density at radius 1 is 1.08 bits per heavy atom. The minimum atomic E-state index is -0.633. The predicted molar refractivity (Wildman–Crippen MR) is 144 cm³/mol. The summed E-state index contributed by atoms with van der Waals surface area (Å²) in [4.78, 5) is 43.7. The molecule has 0 radical (unpaired) electrons. The minimum absolute atomic E-state index is 0.115. The van der Waals surface area contributed by atoms with Crippen LogP contribution in [0, 0.1) is 11.8 Å². The molecule has 2 aromatic rings. The number of amides is 4. The molecular formula is C30H36N4O4. The van der Waals surface area contributed by atoms with Gasteiger partial charge in [0.25, 0.3) is 5.91 Å². The summed E-state index contributed by atoms with van der Waals surface area (Å²) in [7, 11) is 0. The van der Waals surface area contributed by atoms with Gasteiger partial charge in [-0.15, -0.1) is 0 Å². The molecule has 200 valence electrons. The largest absolute Gasteiger partial charge is 0.457 e. The van der Waals surface area contributed by atoms with Crippen molar-refractivity contribution < 1.29 is 19.1 Å². The van der Waals surface area contributed by atoms with Gasteiger partial charge in [0.05, 0.1) is 23.9 Å². The number of carbonyl (C=O) groups excluding carboxylic acids is 3. The average Bonchev–Trinajstić information content (AvgIpc) is 3.68. The molecule has 2 heterocycles. The SMILES string of the molecule is CCN1C(=O)N[C@@H](c2cccc(Oc3ccccc3)c2)C2=C1CN([C@@H](CC(C)C)C(=O)NCC1CC1)C2=O. The third kappa shape index (κ3) is 5.39. The molecule has 1 fully saturated rings. The van der Waals surface area contributed by atoms with Gasteiger partial charge in [0.1, 0.15) is 17.5 Å². The molecule has 2 atom stereocenters. The summed E-state index contributed by atoms with van der Waals surface area (Å²) in [5.74, 6) is 1.77. The predicted octanol–water partition coefficient (Wildman–Crippen LogP) is 4.60. The Morgan fingerprint density at radius 2 is 1.82 bits per heavy atom. The van der Waals surface area contributed by atoms with E-state index in [1.807, 2.05) is 61.5 Å². The second-order valence-corrected chi connectivity index (χ2v) is 10.7. The first-order valence-electron chi connectivity index (χ1n) is 13.6. The van der Waals surface area contributed by atoms with Gasteiger partial charge in [0.15, 0.2) is 0 Å². The molecule has 1 aliphatic carbocycles. The van der Waals surface area contributed by atoms with E-state index in [9.17, 15) is 14.4 Å². The zero-order valence-corrected chi connectivity index (χ0v) is 22.3. The van der Waals surface area contributed by atoms with Gasteiger partial charge in [0, 0.05) is 13.1 Å². The molecule has 2 N–H and O–H groups in total. The number of hydrogen-bond donors (Lipinski definition) is 2. The molecule has 2 aliphatic heterocycles. The van der Waals surface area contributed by atoms with Crippen LogP contribution in [-0.4, -0.2) is 53.3 Å². The lowest BCUT2D eigenvalue weighted by Crippen LogP contribution is -2.49. The lowest BCUT2D eigenvalue weighted by Gasteiger charge is -2.33. The van der Waals surface area contributed by atoms with E-state index in [0.29, 0.717) is 48.2 Å². The van der Waals surface area contributed by atoms with Crippen molar-refractivity contribution in [2.75, 3.05) is 19.6 Å². The number of benzene rings is 2. The Morgan fingerprint density at radius 3 is 2.50 bits per heavy atom. The van der Waals surface area contributed by atoms with Gasteiger partial charge in [-0.3, -0.25) is 14.5 Å². The standard InChI is InChI=1S/C30H36N4O4/c1-4-33-25-18-34(24(15-19(2)3)28(35)31-17-20-13-14-20)29(36)26(25)27(32-30(33)37)21-9-8-12-23(16-21)38-22-10-6-5-7-11-22/h5-12,16,19-20,24,27H,4,13-15,17-18H2,1-3H3,(H,31,35)(H,32,37)/t24-,27-/m0/s1. The smallest absolute Gasteiger partial charge is 0.322 e. The lowest BCUT2D eigenvalue weighted by atomic mass is 9.95. The van der Waals surface area contributed by atoms with Crippen LogP contribution >= 0.6 is 0 Å². The highest BCUT2D eigenvalue weighted by atomic mass is 16.5. The molecule has 4 amide bonds. The summed E-state index contributed by atoms with van der Waals surface area (Å²) in [6.45, 7) is 7.32. The Balaban J connectivity index is 1.44. The number of rotatable bonds is 10. The van der Waals surface area contributed by atoms with Crippen LogP contribution in [0.25, 0.3) is 0 Å². The quantitative estimate of drug-likeness (QED) is 0.483. The van der Waals surface area contributed by atoms with Crippen molar-refractivity contribution in [2.45, 2.75) is 52.1 Å². The molecule has 8 nitrogen and oxygen atoms in total. The number of urea groups is 1. The van der Waals surface area contributed by atoms with Crippen molar-refractivity contribution in [2.24, 2.45) is 11.8 Å². The Labute approximate surface area is 224 Å². The molecule has 0 aromatic heterocycles. The van der Waals surface area contributed by atoms with Crippen LogP contribution in [0.2, 0.25) is 0 Å². The number of hydrogen-bond acceptors (Lipinski definition) is 4. The van der Waals surface area contributed by atoms with E-state index >= 15 is 0 Å². The van der Waals surface area contributed by atoms with Crippen LogP contribution in [-0.2, 0) is 9.59 Å². The maximum Gasteiger partial charge on any atom is 0.322 e. The maximum atomic E-state index is 14.0. The lowest BCUT2D eigenvalue weighted by molar-refractivity contribution is -0.137. The van der Waals surface area contributed by atoms with Crippen LogP contribution < -0.4 is 15.4 Å². The number of nitrogens with one attached hydrogen (secondary N) is 2. The van der Waals surface area contributed by atoms with Crippen molar-refractivity contribution in [3.05, 3.63) is 71.4 Å². The van der Waals surface area contributed by atoms with Crippen molar-refractivity contribution >= 4 is 17.8 Å². The topological polar surface area (TPSA) is 91.0 Å². The molecular weight excluding hydrogens is 480 g/mol. The minimum Gasteiger partial charge on any atom is -0.457 e. The molecule has 8 heteroatoms. The van der Waals surface area contributed by atoms with Crippen LogP contribution in [0.1, 0.15) is 51.6 Å². The Bertz CT molecular complexity index is 1240. The summed E-state index contributed by atoms with van der Waals surface area (Å²) in [5, 5.41) is 6.10. The molecule has 0 spiro atoms. The fourth-order valence-corrected chi connectivity index (χ4v) is 5.24. The first-order valence-corrected chi connectivity index (χ1v) is 13.6. The third-order valence-electron chi connectivity index (χ3n) is 7.37. The summed E-state index contributed by atoms with van der Waals surface area (Å²) in [6, 6.07) is 15.4. The zero-order chi connectivity index (χ0) is 26.8. The average molecular weight is 517 g/mol. The molecule has 0 unspecified atom stereocenters. The maximum absolute atomic E-state index is 14.0. The molecule has 3 aliphatic rings. The Kier molecular flexibility index (Phi) is 7.40.